The number of aliphatic hydroxyl groups excluding tert-OH is 4. The maximum atomic E-state index is 12.4. The van der Waals surface area contributed by atoms with Gasteiger partial charge in [-0.1, -0.05) is 12.1 Å². The standard InChI is InChI=1S/C15H19NO9/c1-22-16-7-4-2-3-5-8(7)23-15(13(16)21)25-14-12(20)11(19)10(18)9(6-17)24-14/h2-5,9-12,14-15,17-20H,6H2,1H3/t9-,10-,11+,12-,14+,15-/m1/s1. The number of rotatable bonds is 4. The van der Waals surface area contributed by atoms with Crippen molar-refractivity contribution in [2.24, 2.45) is 0 Å². The van der Waals surface area contributed by atoms with Gasteiger partial charge >= 0.3 is 5.91 Å². The minimum absolute atomic E-state index is 0.304. The number of nitrogens with zero attached hydrogens (tertiary/aromatic N) is 1. The Morgan fingerprint density at radius 1 is 1.16 bits per heavy atom. The molecule has 0 saturated carbocycles. The van der Waals surface area contributed by atoms with E-state index in [2.05, 4.69) is 0 Å². The number of fused-ring (bicyclic) bond motifs is 1. The Balaban J connectivity index is 1.79. The molecule has 2 heterocycles. The monoisotopic (exact) mass is 357 g/mol. The van der Waals surface area contributed by atoms with Crippen molar-refractivity contribution < 1.29 is 44.3 Å². The number of aliphatic hydroxyl groups is 4. The summed E-state index contributed by atoms with van der Waals surface area (Å²) < 4.78 is 16.0. The molecule has 0 bridgehead atoms. The minimum Gasteiger partial charge on any atom is -0.453 e. The third kappa shape index (κ3) is 3.20. The highest BCUT2D eigenvalue weighted by Gasteiger charge is 2.47. The van der Waals surface area contributed by atoms with Crippen molar-refractivity contribution in [2.75, 3.05) is 18.8 Å². The summed E-state index contributed by atoms with van der Waals surface area (Å²) in [6.07, 6.45) is -8.99. The molecule has 10 heteroatoms. The predicted octanol–water partition coefficient (Wildman–Crippen LogP) is -1.88. The summed E-state index contributed by atoms with van der Waals surface area (Å²) in [4.78, 5) is 17.5. The number of benzene rings is 1. The fourth-order valence-electron chi connectivity index (χ4n) is 2.68. The Morgan fingerprint density at radius 3 is 2.56 bits per heavy atom. The molecular weight excluding hydrogens is 338 g/mol. The van der Waals surface area contributed by atoms with E-state index in [0.29, 0.717) is 11.4 Å². The molecule has 1 aromatic carbocycles. The molecule has 0 unspecified atom stereocenters. The van der Waals surface area contributed by atoms with E-state index in [4.69, 9.17) is 19.0 Å². The molecule has 0 aliphatic carbocycles. The molecule has 0 radical (unpaired) electrons. The Bertz CT molecular complexity index is 625. The van der Waals surface area contributed by atoms with Crippen LogP contribution in [0.15, 0.2) is 24.3 Å². The second-order valence-corrected chi connectivity index (χ2v) is 5.57. The molecule has 4 N–H and O–H groups in total. The van der Waals surface area contributed by atoms with Gasteiger partial charge in [0.25, 0.3) is 6.29 Å². The van der Waals surface area contributed by atoms with Gasteiger partial charge in [-0.2, -0.15) is 5.06 Å². The molecule has 0 spiro atoms. The van der Waals surface area contributed by atoms with Crippen LogP contribution in [0.5, 0.6) is 5.75 Å². The largest absolute Gasteiger partial charge is 0.453 e. The molecule has 1 amide bonds. The Labute approximate surface area is 142 Å². The summed E-state index contributed by atoms with van der Waals surface area (Å²) >= 11 is 0. The Kier molecular flexibility index (Phi) is 5.20. The highest BCUT2D eigenvalue weighted by Crippen LogP contribution is 2.35. The molecule has 0 aromatic heterocycles. The van der Waals surface area contributed by atoms with Crippen molar-refractivity contribution in [3.8, 4) is 5.75 Å². The zero-order valence-corrected chi connectivity index (χ0v) is 13.3. The van der Waals surface area contributed by atoms with E-state index in [0.717, 1.165) is 5.06 Å². The number of carbonyl (C=O) groups excluding carboxylic acids is 1. The average Bonchev–Trinajstić information content (AvgIpc) is 2.62. The van der Waals surface area contributed by atoms with E-state index >= 15 is 0 Å². The van der Waals surface area contributed by atoms with Crippen LogP contribution in [0.1, 0.15) is 0 Å². The first-order chi connectivity index (χ1) is 12.0. The van der Waals surface area contributed by atoms with E-state index in [1.54, 1.807) is 24.3 Å². The maximum Gasteiger partial charge on any atom is 0.320 e. The lowest BCUT2D eigenvalue weighted by Crippen LogP contribution is -2.61. The maximum absolute atomic E-state index is 12.4. The van der Waals surface area contributed by atoms with E-state index in [1.165, 1.54) is 7.11 Å². The molecule has 1 saturated heterocycles. The van der Waals surface area contributed by atoms with Crippen molar-refractivity contribution in [3.05, 3.63) is 24.3 Å². The zero-order chi connectivity index (χ0) is 18.1. The average molecular weight is 357 g/mol. The first-order valence-electron chi connectivity index (χ1n) is 7.57. The lowest BCUT2D eigenvalue weighted by molar-refractivity contribution is -0.323. The number of carbonyl (C=O) groups is 1. The molecule has 2 aliphatic rings. The Hall–Kier alpha value is -1.79. The number of ether oxygens (including phenoxy) is 3. The van der Waals surface area contributed by atoms with Crippen molar-refractivity contribution >= 4 is 11.6 Å². The van der Waals surface area contributed by atoms with Gasteiger partial charge < -0.3 is 34.6 Å². The lowest BCUT2D eigenvalue weighted by Gasteiger charge is -2.41. The molecule has 2 aliphatic heterocycles. The van der Waals surface area contributed by atoms with Crippen molar-refractivity contribution in [3.63, 3.8) is 0 Å². The van der Waals surface area contributed by atoms with E-state index in [-0.39, 0.29) is 0 Å². The molecule has 25 heavy (non-hydrogen) atoms. The van der Waals surface area contributed by atoms with Crippen LogP contribution in [-0.4, -0.2) is 77.0 Å². The number of para-hydroxylation sites is 2. The number of anilines is 1. The van der Waals surface area contributed by atoms with Gasteiger partial charge in [0, 0.05) is 0 Å². The van der Waals surface area contributed by atoms with Gasteiger partial charge in [-0.3, -0.25) is 9.63 Å². The molecule has 1 fully saturated rings. The minimum atomic E-state index is -1.65. The number of hydrogen-bond acceptors (Lipinski definition) is 9. The summed E-state index contributed by atoms with van der Waals surface area (Å²) in [7, 11) is 1.30. The third-order valence-electron chi connectivity index (χ3n) is 4.01. The smallest absolute Gasteiger partial charge is 0.320 e. The summed E-state index contributed by atoms with van der Waals surface area (Å²) in [5, 5.41) is 39.7. The van der Waals surface area contributed by atoms with Crippen molar-refractivity contribution in [1.29, 1.82) is 0 Å². The molecular formula is C15H19NO9. The van der Waals surface area contributed by atoms with E-state index in [9.17, 15) is 25.2 Å². The number of hydrogen-bond donors (Lipinski definition) is 4. The highest BCUT2D eigenvalue weighted by atomic mass is 16.8. The predicted molar refractivity (Wildman–Crippen MR) is 80.2 cm³/mol. The summed E-state index contributed by atoms with van der Waals surface area (Å²) in [5.41, 5.74) is 0.378. The van der Waals surface area contributed by atoms with E-state index in [1.807, 2.05) is 0 Å². The molecule has 6 atom stereocenters. The first-order valence-corrected chi connectivity index (χ1v) is 7.57. The van der Waals surface area contributed by atoms with Gasteiger partial charge in [-0.05, 0) is 12.1 Å². The van der Waals surface area contributed by atoms with E-state index < -0.39 is 49.5 Å². The van der Waals surface area contributed by atoms with Crippen LogP contribution in [0.4, 0.5) is 5.69 Å². The van der Waals surface area contributed by atoms with Crippen LogP contribution in [0.2, 0.25) is 0 Å². The highest BCUT2D eigenvalue weighted by molar-refractivity contribution is 5.97. The van der Waals surface area contributed by atoms with Crippen LogP contribution >= 0.6 is 0 Å². The number of hydroxylamine groups is 1. The van der Waals surface area contributed by atoms with Crippen LogP contribution in [0.3, 0.4) is 0 Å². The first kappa shape index (κ1) is 18.0. The second kappa shape index (κ2) is 7.22. The molecule has 138 valence electrons. The molecule has 3 rings (SSSR count). The number of amides is 1. The fraction of sp³-hybridized carbons (Fsp3) is 0.533. The van der Waals surface area contributed by atoms with Gasteiger partial charge in [0.1, 0.15) is 35.9 Å². The third-order valence-corrected chi connectivity index (χ3v) is 4.01. The van der Waals surface area contributed by atoms with Crippen LogP contribution < -0.4 is 9.80 Å². The summed E-state index contributed by atoms with van der Waals surface area (Å²) in [6, 6.07) is 6.59. The Morgan fingerprint density at radius 2 is 1.88 bits per heavy atom. The van der Waals surface area contributed by atoms with Gasteiger partial charge in [0.15, 0.2) is 6.29 Å². The van der Waals surface area contributed by atoms with Gasteiger partial charge in [0.05, 0.1) is 13.7 Å². The van der Waals surface area contributed by atoms with Gasteiger partial charge in [-0.15, -0.1) is 0 Å². The van der Waals surface area contributed by atoms with Gasteiger partial charge in [0.2, 0.25) is 0 Å². The zero-order valence-electron chi connectivity index (χ0n) is 13.3. The molecule has 1 aromatic rings. The quantitative estimate of drug-likeness (QED) is 0.487. The molecule has 10 nitrogen and oxygen atoms in total. The SMILES string of the molecule is CON1C(=O)[C@@H](O[C@@H]2O[C@H](CO)[C@@H](O)[C@H](O)[C@H]2O)Oc2ccccc21. The fourth-order valence-corrected chi connectivity index (χ4v) is 2.68. The van der Waals surface area contributed by atoms with Crippen molar-refractivity contribution in [2.45, 2.75) is 37.0 Å². The van der Waals surface area contributed by atoms with Crippen molar-refractivity contribution in [1.82, 2.24) is 0 Å². The topological polar surface area (TPSA) is 138 Å². The lowest BCUT2D eigenvalue weighted by atomic mass is 9.99. The normalized spacial score (nSPS) is 35.2. The van der Waals surface area contributed by atoms with Crippen LogP contribution in [0.25, 0.3) is 0 Å². The van der Waals surface area contributed by atoms with Crippen LogP contribution in [-0.2, 0) is 19.1 Å². The second-order valence-electron chi connectivity index (χ2n) is 5.57. The van der Waals surface area contributed by atoms with Crippen LogP contribution in [0, 0.1) is 0 Å². The summed E-state index contributed by atoms with van der Waals surface area (Å²) in [5.74, 6) is -0.406. The summed E-state index contributed by atoms with van der Waals surface area (Å²) in [6.45, 7) is -0.614. The van der Waals surface area contributed by atoms with Gasteiger partial charge in [-0.25, -0.2) is 0 Å².